The van der Waals surface area contributed by atoms with E-state index in [0.29, 0.717) is 6.54 Å². The van der Waals surface area contributed by atoms with Crippen LogP contribution in [-0.4, -0.2) is 36.0 Å². The summed E-state index contributed by atoms with van der Waals surface area (Å²) in [7, 11) is 0. The Bertz CT molecular complexity index is 607. The molecular formula is C17H22ClN3O2. The largest absolute Gasteiger partial charge is 0.352 e. The lowest BCUT2D eigenvalue weighted by molar-refractivity contribution is -0.136. The van der Waals surface area contributed by atoms with Gasteiger partial charge in [0.2, 0.25) is 5.91 Å². The lowest BCUT2D eigenvalue weighted by Gasteiger charge is -2.36. The van der Waals surface area contributed by atoms with Crippen molar-refractivity contribution in [1.82, 2.24) is 10.2 Å². The van der Waals surface area contributed by atoms with Crippen molar-refractivity contribution in [3.8, 4) is 0 Å². The zero-order chi connectivity index (χ0) is 16.4. The summed E-state index contributed by atoms with van der Waals surface area (Å²) < 4.78 is 0. The van der Waals surface area contributed by atoms with Crippen molar-refractivity contribution in [2.24, 2.45) is 11.7 Å². The highest BCUT2D eigenvalue weighted by atomic mass is 35.5. The number of carbonyl (C=O) groups is 2. The fourth-order valence-corrected chi connectivity index (χ4v) is 3.80. The van der Waals surface area contributed by atoms with E-state index < -0.39 is 6.03 Å². The molecule has 3 atom stereocenters. The molecule has 6 heteroatoms. The summed E-state index contributed by atoms with van der Waals surface area (Å²) in [6, 6.07) is 7.25. The lowest BCUT2D eigenvalue weighted by Crippen LogP contribution is -2.50. The highest BCUT2D eigenvalue weighted by Gasteiger charge is 2.47. The second-order valence-electron chi connectivity index (χ2n) is 6.40. The number of primary amides is 1. The summed E-state index contributed by atoms with van der Waals surface area (Å²) in [5.41, 5.74) is 6.22. The Hall–Kier alpha value is -1.75. The van der Waals surface area contributed by atoms with Gasteiger partial charge >= 0.3 is 6.03 Å². The minimum Gasteiger partial charge on any atom is -0.352 e. The topological polar surface area (TPSA) is 75.4 Å². The molecule has 1 heterocycles. The van der Waals surface area contributed by atoms with Crippen molar-refractivity contribution >= 4 is 23.5 Å². The third-order valence-corrected chi connectivity index (χ3v) is 5.18. The van der Waals surface area contributed by atoms with Crippen LogP contribution >= 0.6 is 11.6 Å². The Morgan fingerprint density at radius 1 is 1.30 bits per heavy atom. The van der Waals surface area contributed by atoms with Gasteiger partial charge in [0.05, 0.1) is 0 Å². The van der Waals surface area contributed by atoms with Gasteiger partial charge in [-0.1, -0.05) is 29.8 Å². The van der Waals surface area contributed by atoms with Crippen molar-refractivity contribution in [2.45, 2.75) is 37.6 Å². The van der Waals surface area contributed by atoms with Gasteiger partial charge in [0.25, 0.3) is 0 Å². The second-order valence-corrected chi connectivity index (χ2v) is 6.80. The van der Waals surface area contributed by atoms with E-state index in [-0.39, 0.29) is 23.8 Å². The Kier molecular flexibility index (Phi) is 4.76. The fourth-order valence-electron chi connectivity index (χ4n) is 3.52. The maximum absolute atomic E-state index is 12.8. The fraction of sp³-hybridized carbons (Fsp3) is 0.529. The van der Waals surface area contributed by atoms with Crippen molar-refractivity contribution in [2.75, 3.05) is 13.1 Å². The molecule has 124 valence electrons. The number of piperidine rings is 1. The standard InChI is InChI=1S/C17H22ClN3O2/c18-15-7-2-1-6-12(15)13-9-14(13)16(22)21-8-4-3-5-11(21)10-20-17(19)23/h1-2,6-7,11,13-14H,3-5,8-10H2,(H3,19,20,23)/t11-,13+,14+/m0/s1. The van der Waals surface area contributed by atoms with Gasteiger partial charge in [-0.25, -0.2) is 4.79 Å². The Labute approximate surface area is 141 Å². The number of nitrogens with two attached hydrogens (primary N) is 1. The zero-order valence-electron chi connectivity index (χ0n) is 13.0. The van der Waals surface area contributed by atoms with Crippen LogP contribution in [0.15, 0.2) is 24.3 Å². The predicted octanol–water partition coefficient (Wildman–Crippen LogP) is 2.49. The molecule has 0 unspecified atom stereocenters. The number of nitrogens with zero attached hydrogens (tertiary/aromatic N) is 1. The van der Waals surface area contributed by atoms with E-state index in [0.717, 1.165) is 42.8 Å². The quantitative estimate of drug-likeness (QED) is 0.887. The van der Waals surface area contributed by atoms with Crippen LogP contribution in [0.1, 0.15) is 37.2 Å². The van der Waals surface area contributed by atoms with Crippen LogP contribution in [0.25, 0.3) is 0 Å². The van der Waals surface area contributed by atoms with Gasteiger partial charge in [-0.05, 0) is 43.2 Å². The van der Waals surface area contributed by atoms with Crippen LogP contribution in [0, 0.1) is 5.92 Å². The molecule has 0 radical (unpaired) electrons. The molecule has 5 nitrogen and oxygen atoms in total. The first-order valence-corrected chi connectivity index (χ1v) is 8.54. The number of benzene rings is 1. The molecule has 1 saturated heterocycles. The first-order chi connectivity index (χ1) is 11.1. The molecule has 2 aliphatic rings. The van der Waals surface area contributed by atoms with Crippen LogP contribution in [0.3, 0.4) is 0 Å². The molecule has 2 fully saturated rings. The molecule has 0 bridgehead atoms. The SMILES string of the molecule is NC(=O)NC[C@@H]1CCCCN1C(=O)[C@@H]1C[C@@H]1c1ccccc1Cl. The molecule has 3 N–H and O–H groups in total. The summed E-state index contributed by atoms with van der Waals surface area (Å²) in [6.45, 7) is 1.19. The molecule has 1 saturated carbocycles. The third-order valence-electron chi connectivity index (χ3n) is 4.83. The third kappa shape index (κ3) is 3.61. The maximum atomic E-state index is 12.8. The van der Waals surface area contributed by atoms with Gasteiger partial charge in [0.15, 0.2) is 0 Å². The normalized spacial score (nSPS) is 26.7. The van der Waals surface area contributed by atoms with Gasteiger partial charge in [-0.15, -0.1) is 0 Å². The Balaban J connectivity index is 1.65. The summed E-state index contributed by atoms with van der Waals surface area (Å²) >= 11 is 6.24. The first kappa shape index (κ1) is 16.1. The molecule has 1 aromatic rings. The van der Waals surface area contributed by atoms with Crippen LogP contribution in [0.2, 0.25) is 5.02 Å². The van der Waals surface area contributed by atoms with Crippen molar-refractivity contribution in [3.05, 3.63) is 34.9 Å². The van der Waals surface area contributed by atoms with Gasteiger partial charge in [0.1, 0.15) is 0 Å². The van der Waals surface area contributed by atoms with Crippen molar-refractivity contribution in [1.29, 1.82) is 0 Å². The second kappa shape index (κ2) is 6.79. The highest BCUT2D eigenvalue weighted by molar-refractivity contribution is 6.31. The molecule has 1 aliphatic heterocycles. The minimum absolute atomic E-state index is 0.0177. The van der Waals surface area contributed by atoms with Crippen LogP contribution in [-0.2, 0) is 4.79 Å². The Morgan fingerprint density at radius 2 is 2.09 bits per heavy atom. The number of carbonyl (C=O) groups excluding carboxylic acids is 2. The van der Waals surface area contributed by atoms with Gasteiger partial charge in [0, 0.05) is 30.1 Å². The van der Waals surface area contributed by atoms with Crippen molar-refractivity contribution in [3.63, 3.8) is 0 Å². The van der Waals surface area contributed by atoms with E-state index in [1.807, 2.05) is 29.2 Å². The van der Waals surface area contributed by atoms with Crippen LogP contribution in [0.4, 0.5) is 4.79 Å². The molecule has 0 aromatic heterocycles. The summed E-state index contributed by atoms with van der Waals surface area (Å²) in [4.78, 5) is 25.7. The molecule has 1 aliphatic carbocycles. The molecule has 23 heavy (non-hydrogen) atoms. The van der Waals surface area contributed by atoms with Crippen molar-refractivity contribution < 1.29 is 9.59 Å². The number of hydrogen-bond donors (Lipinski definition) is 2. The summed E-state index contributed by atoms with van der Waals surface area (Å²) in [5, 5.41) is 3.37. The predicted molar refractivity (Wildman–Crippen MR) is 89.2 cm³/mol. The monoisotopic (exact) mass is 335 g/mol. The first-order valence-electron chi connectivity index (χ1n) is 8.16. The van der Waals surface area contributed by atoms with E-state index >= 15 is 0 Å². The van der Waals surface area contributed by atoms with E-state index in [1.165, 1.54) is 0 Å². The number of urea groups is 1. The summed E-state index contributed by atoms with van der Waals surface area (Å²) in [5.74, 6) is 0.429. The van der Waals surface area contributed by atoms with E-state index in [9.17, 15) is 9.59 Å². The van der Waals surface area contributed by atoms with E-state index in [4.69, 9.17) is 17.3 Å². The molecule has 0 spiro atoms. The summed E-state index contributed by atoms with van der Waals surface area (Å²) in [6.07, 6.45) is 3.86. The molecule has 1 aromatic carbocycles. The average Bonchev–Trinajstić information content (AvgIpc) is 3.33. The van der Waals surface area contributed by atoms with E-state index in [2.05, 4.69) is 5.32 Å². The Morgan fingerprint density at radius 3 is 2.83 bits per heavy atom. The highest BCUT2D eigenvalue weighted by Crippen LogP contribution is 2.50. The van der Waals surface area contributed by atoms with Gasteiger partial charge in [-0.3, -0.25) is 4.79 Å². The number of likely N-dealkylation sites (tertiary alicyclic amines) is 1. The number of halogens is 1. The molecule has 3 rings (SSSR count). The number of amides is 3. The van der Waals surface area contributed by atoms with E-state index in [1.54, 1.807) is 0 Å². The molecular weight excluding hydrogens is 314 g/mol. The lowest BCUT2D eigenvalue weighted by atomic mass is 10.0. The number of rotatable bonds is 4. The van der Waals surface area contributed by atoms with Gasteiger partial charge < -0.3 is 16.0 Å². The minimum atomic E-state index is -0.539. The van der Waals surface area contributed by atoms with Gasteiger partial charge in [-0.2, -0.15) is 0 Å². The molecule has 3 amide bonds. The zero-order valence-corrected chi connectivity index (χ0v) is 13.8. The van der Waals surface area contributed by atoms with Crippen LogP contribution in [0.5, 0.6) is 0 Å². The maximum Gasteiger partial charge on any atom is 0.312 e. The number of nitrogens with one attached hydrogen (secondary N) is 1. The van der Waals surface area contributed by atoms with Crippen LogP contribution < -0.4 is 11.1 Å². The average molecular weight is 336 g/mol. The number of hydrogen-bond acceptors (Lipinski definition) is 2. The smallest absolute Gasteiger partial charge is 0.312 e.